The van der Waals surface area contributed by atoms with Crippen molar-refractivity contribution in [1.29, 1.82) is 0 Å². The zero-order chi connectivity index (χ0) is 17.8. The number of rotatable bonds is 5. The second kappa shape index (κ2) is 7.56. The van der Waals surface area contributed by atoms with Gasteiger partial charge in [0.15, 0.2) is 0 Å². The third kappa shape index (κ3) is 3.85. The fourth-order valence-corrected chi connectivity index (χ4v) is 3.64. The fraction of sp³-hybridized carbons (Fsp3) is 0.350. The first-order chi connectivity index (χ1) is 12.8. The molecule has 0 bridgehead atoms. The van der Waals surface area contributed by atoms with E-state index in [-0.39, 0.29) is 5.91 Å². The average molecular weight is 349 g/mol. The van der Waals surface area contributed by atoms with Crippen molar-refractivity contribution >= 4 is 5.91 Å². The first-order valence-electron chi connectivity index (χ1n) is 9.11. The van der Waals surface area contributed by atoms with Crippen LogP contribution in [0.5, 0.6) is 0 Å². The molecule has 1 unspecified atom stereocenters. The lowest BCUT2D eigenvalue weighted by Gasteiger charge is -2.32. The molecule has 2 aromatic heterocycles. The summed E-state index contributed by atoms with van der Waals surface area (Å²) < 4.78 is 1.85. The van der Waals surface area contributed by atoms with E-state index in [9.17, 15) is 4.79 Å². The molecule has 1 saturated heterocycles. The number of piperidine rings is 1. The monoisotopic (exact) mass is 349 g/mol. The molecule has 1 aromatic carbocycles. The quantitative estimate of drug-likeness (QED) is 0.770. The summed E-state index contributed by atoms with van der Waals surface area (Å²) in [5, 5.41) is 4.18. The van der Waals surface area contributed by atoms with Crippen LogP contribution in [-0.2, 0) is 13.0 Å². The standard InChI is InChI=1S/C20H23N5O/c26-20(19-9-8-18(23-19)11-16-5-2-1-3-6-16)24-10-4-7-17(12-24)13-25-15-21-14-22-25/h1-3,5-6,8-9,14-15,17,23H,4,7,10-13H2. The van der Waals surface area contributed by atoms with E-state index in [1.54, 1.807) is 12.7 Å². The minimum absolute atomic E-state index is 0.0904. The molecule has 0 aliphatic carbocycles. The Hall–Kier alpha value is -2.89. The Kier molecular flexibility index (Phi) is 4.82. The Labute approximate surface area is 152 Å². The van der Waals surface area contributed by atoms with E-state index in [4.69, 9.17) is 0 Å². The van der Waals surface area contributed by atoms with E-state index in [0.29, 0.717) is 11.6 Å². The molecule has 1 atom stereocenters. The minimum Gasteiger partial charge on any atom is -0.354 e. The number of H-pyrrole nitrogens is 1. The molecule has 3 aromatic rings. The van der Waals surface area contributed by atoms with Crippen LogP contribution in [0.2, 0.25) is 0 Å². The zero-order valence-electron chi connectivity index (χ0n) is 14.7. The van der Waals surface area contributed by atoms with E-state index in [1.165, 1.54) is 5.56 Å². The molecule has 134 valence electrons. The van der Waals surface area contributed by atoms with Crippen LogP contribution >= 0.6 is 0 Å². The highest BCUT2D eigenvalue weighted by Gasteiger charge is 2.25. The number of hydrogen-bond acceptors (Lipinski definition) is 3. The van der Waals surface area contributed by atoms with Crippen molar-refractivity contribution in [3.63, 3.8) is 0 Å². The van der Waals surface area contributed by atoms with Gasteiger partial charge in [0.1, 0.15) is 18.3 Å². The van der Waals surface area contributed by atoms with Crippen molar-refractivity contribution in [2.24, 2.45) is 5.92 Å². The first-order valence-corrected chi connectivity index (χ1v) is 9.11. The Bertz CT molecular complexity index is 840. The van der Waals surface area contributed by atoms with Crippen LogP contribution in [0.3, 0.4) is 0 Å². The maximum absolute atomic E-state index is 12.9. The van der Waals surface area contributed by atoms with Gasteiger partial charge in [-0.2, -0.15) is 5.10 Å². The molecule has 0 radical (unpaired) electrons. The molecule has 1 N–H and O–H groups in total. The fourth-order valence-electron chi connectivity index (χ4n) is 3.64. The van der Waals surface area contributed by atoms with Crippen molar-refractivity contribution in [3.05, 3.63) is 72.1 Å². The number of hydrogen-bond donors (Lipinski definition) is 1. The Balaban J connectivity index is 1.39. The highest BCUT2D eigenvalue weighted by atomic mass is 16.2. The van der Waals surface area contributed by atoms with Crippen LogP contribution in [0.1, 0.15) is 34.6 Å². The number of carbonyl (C=O) groups is 1. The highest BCUT2D eigenvalue weighted by Crippen LogP contribution is 2.20. The highest BCUT2D eigenvalue weighted by molar-refractivity contribution is 5.92. The molecular formula is C20H23N5O. The van der Waals surface area contributed by atoms with Gasteiger partial charge in [-0.05, 0) is 36.5 Å². The molecule has 1 amide bonds. The molecule has 1 aliphatic rings. The maximum atomic E-state index is 12.9. The largest absolute Gasteiger partial charge is 0.354 e. The smallest absolute Gasteiger partial charge is 0.270 e. The zero-order valence-corrected chi connectivity index (χ0v) is 14.7. The molecular weight excluding hydrogens is 326 g/mol. The minimum atomic E-state index is 0.0904. The number of carbonyl (C=O) groups excluding carboxylic acids is 1. The van der Waals surface area contributed by atoms with Crippen LogP contribution in [0.15, 0.2) is 55.1 Å². The second-order valence-electron chi connectivity index (χ2n) is 6.94. The molecule has 1 aliphatic heterocycles. The second-order valence-corrected chi connectivity index (χ2v) is 6.94. The molecule has 0 saturated carbocycles. The summed E-state index contributed by atoms with van der Waals surface area (Å²) in [7, 11) is 0. The summed E-state index contributed by atoms with van der Waals surface area (Å²) >= 11 is 0. The van der Waals surface area contributed by atoms with Crippen LogP contribution in [0.4, 0.5) is 0 Å². The summed E-state index contributed by atoms with van der Waals surface area (Å²) in [5.41, 5.74) is 2.98. The Morgan fingerprint density at radius 1 is 1.19 bits per heavy atom. The Morgan fingerprint density at radius 2 is 2.08 bits per heavy atom. The molecule has 6 heteroatoms. The normalized spacial score (nSPS) is 17.4. The van der Waals surface area contributed by atoms with Gasteiger partial charge in [-0.3, -0.25) is 9.48 Å². The number of benzene rings is 1. The number of aromatic amines is 1. The molecule has 3 heterocycles. The number of amides is 1. The van der Waals surface area contributed by atoms with Crippen molar-refractivity contribution in [2.45, 2.75) is 25.8 Å². The van der Waals surface area contributed by atoms with Gasteiger partial charge in [-0.15, -0.1) is 0 Å². The van der Waals surface area contributed by atoms with Crippen molar-refractivity contribution in [1.82, 2.24) is 24.6 Å². The molecule has 6 nitrogen and oxygen atoms in total. The average Bonchev–Trinajstić information content (AvgIpc) is 3.34. The molecule has 4 rings (SSSR count). The van der Waals surface area contributed by atoms with Gasteiger partial charge in [0.05, 0.1) is 0 Å². The summed E-state index contributed by atoms with van der Waals surface area (Å²) in [5.74, 6) is 0.515. The van der Waals surface area contributed by atoms with Crippen LogP contribution in [0, 0.1) is 5.92 Å². The van der Waals surface area contributed by atoms with E-state index in [1.807, 2.05) is 39.9 Å². The lowest BCUT2D eigenvalue weighted by atomic mass is 9.98. The maximum Gasteiger partial charge on any atom is 0.270 e. The molecule has 0 spiro atoms. The van der Waals surface area contributed by atoms with Gasteiger partial charge in [0.25, 0.3) is 5.91 Å². The predicted octanol–water partition coefficient (Wildman–Crippen LogP) is 2.75. The number of likely N-dealkylation sites (tertiary alicyclic amines) is 1. The molecule has 26 heavy (non-hydrogen) atoms. The summed E-state index contributed by atoms with van der Waals surface area (Å²) in [6.07, 6.45) is 6.25. The van der Waals surface area contributed by atoms with Crippen molar-refractivity contribution < 1.29 is 4.79 Å². The summed E-state index contributed by atoms with van der Waals surface area (Å²) in [6.45, 7) is 2.40. The predicted molar refractivity (Wildman–Crippen MR) is 98.7 cm³/mol. The van der Waals surface area contributed by atoms with Crippen molar-refractivity contribution in [3.8, 4) is 0 Å². The first kappa shape index (κ1) is 16.6. The lowest BCUT2D eigenvalue weighted by molar-refractivity contribution is 0.0654. The topological polar surface area (TPSA) is 66.8 Å². The molecule has 1 fully saturated rings. The lowest BCUT2D eigenvalue weighted by Crippen LogP contribution is -2.41. The summed E-state index contributed by atoms with van der Waals surface area (Å²) in [4.78, 5) is 22.1. The third-order valence-corrected chi connectivity index (χ3v) is 4.93. The third-order valence-electron chi connectivity index (χ3n) is 4.93. The van der Waals surface area contributed by atoms with E-state index in [2.05, 4.69) is 27.2 Å². The van der Waals surface area contributed by atoms with Gasteiger partial charge in [-0.25, -0.2) is 4.98 Å². The number of nitrogens with one attached hydrogen (secondary N) is 1. The number of nitrogens with zero attached hydrogens (tertiary/aromatic N) is 4. The van der Waals surface area contributed by atoms with Gasteiger partial charge < -0.3 is 9.88 Å². The SMILES string of the molecule is O=C(c1ccc(Cc2ccccc2)[nH]1)N1CCCC(Cn2cncn2)C1. The van der Waals surface area contributed by atoms with Crippen LogP contribution in [-0.4, -0.2) is 43.6 Å². The van der Waals surface area contributed by atoms with E-state index in [0.717, 1.165) is 44.6 Å². The van der Waals surface area contributed by atoms with Crippen molar-refractivity contribution in [2.75, 3.05) is 13.1 Å². The van der Waals surface area contributed by atoms with Crippen LogP contribution < -0.4 is 0 Å². The Morgan fingerprint density at radius 3 is 2.88 bits per heavy atom. The number of aromatic nitrogens is 4. The van der Waals surface area contributed by atoms with E-state index < -0.39 is 0 Å². The van der Waals surface area contributed by atoms with Gasteiger partial charge >= 0.3 is 0 Å². The van der Waals surface area contributed by atoms with Gasteiger partial charge in [0.2, 0.25) is 0 Å². The van der Waals surface area contributed by atoms with Gasteiger partial charge in [-0.1, -0.05) is 30.3 Å². The van der Waals surface area contributed by atoms with Crippen LogP contribution in [0.25, 0.3) is 0 Å². The van der Waals surface area contributed by atoms with Gasteiger partial charge in [0, 0.05) is 31.7 Å². The summed E-state index contributed by atoms with van der Waals surface area (Å²) in [6, 6.07) is 14.2. The van der Waals surface area contributed by atoms with E-state index >= 15 is 0 Å².